The van der Waals surface area contributed by atoms with Gasteiger partial charge in [0.25, 0.3) is 0 Å². The van der Waals surface area contributed by atoms with E-state index in [2.05, 4.69) is 48.6 Å². The summed E-state index contributed by atoms with van der Waals surface area (Å²) in [6, 6.07) is 17.4. The zero-order valence-electron chi connectivity index (χ0n) is 12.5. The SMILES string of the molecule is C[C@@H](NCC1CCCc2ccccc21)c1ccc(Cl)cc1. The maximum atomic E-state index is 5.95. The van der Waals surface area contributed by atoms with Gasteiger partial charge in [0.2, 0.25) is 0 Å². The van der Waals surface area contributed by atoms with Crippen molar-refractivity contribution < 1.29 is 0 Å². The van der Waals surface area contributed by atoms with Crippen LogP contribution in [0.4, 0.5) is 0 Å². The number of hydrogen-bond acceptors (Lipinski definition) is 1. The number of nitrogens with one attached hydrogen (secondary N) is 1. The van der Waals surface area contributed by atoms with Crippen LogP contribution in [0.15, 0.2) is 48.5 Å². The molecule has 0 saturated heterocycles. The Morgan fingerprint density at radius 1 is 1.14 bits per heavy atom. The highest BCUT2D eigenvalue weighted by Gasteiger charge is 2.20. The van der Waals surface area contributed by atoms with Crippen LogP contribution in [0, 0.1) is 0 Å². The standard InChI is InChI=1S/C19H22ClN/c1-14(15-9-11-18(20)12-10-15)21-13-17-7-4-6-16-5-2-3-8-19(16)17/h2-3,5,8-12,14,17,21H,4,6-7,13H2,1H3/t14-,17?/m1/s1. The Balaban J connectivity index is 1.64. The Kier molecular flexibility index (Phi) is 4.62. The van der Waals surface area contributed by atoms with E-state index in [9.17, 15) is 0 Å². The number of hydrogen-bond donors (Lipinski definition) is 1. The van der Waals surface area contributed by atoms with Gasteiger partial charge in [-0.25, -0.2) is 0 Å². The molecule has 0 aromatic heterocycles. The molecule has 0 fully saturated rings. The minimum Gasteiger partial charge on any atom is -0.310 e. The molecule has 2 aromatic rings. The van der Waals surface area contributed by atoms with Gasteiger partial charge in [-0.1, -0.05) is 48.0 Å². The van der Waals surface area contributed by atoms with E-state index >= 15 is 0 Å². The van der Waals surface area contributed by atoms with E-state index in [-0.39, 0.29) is 0 Å². The van der Waals surface area contributed by atoms with Gasteiger partial charge in [-0.3, -0.25) is 0 Å². The topological polar surface area (TPSA) is 12.0 Å². The molecule has 1 aliphatic carbocycles. The summed E-state index contributed by atoms with van der Waals surface area (Å²) in [4.78, 5) is 0. The summed E-state index contributed by atoms with van der Waals surface area (Å²) in [5.41, 5.74) is 4.37. The van der Waals surface area contributed by atoms with Crippen LogP contribution < -0.4 is 5.32 Å². The predicted octanol–water partition coefficient (Wildman–Crippen LogP) is 5.11. The Morgan fingerprint density at radius 3 is 2.71 bits per heavy atom. The second-order valence-electron chi connectivity index (χ2n) is 5.97. The van der Waals surface area contributed by atoms with Crippen LogP contribution in [-0.2, 0) is 6.42 Å². The molecular weight excluding hydrogens is 278 g/mol. The van der Waals surface area contributed by atoms with Crippen molar-refractivity contribution in [1.29, 1.82) is 0 Å². The summed E-state index contributed by atoms with van der Waals surface area (Å²) in [5, 5.41) is 4.48. The van der Waals surface area contributed by atoms with Crippen molar-refractivity contribution in [2.75, 3.05) is 6.54 Å². The van der Waals surface area contributed by atoms with Gasteiger partial charge in [-0.05, 0) is 60.9 Å². The zero-order valence-corrected chi connectivity index (χ0v) is 13.2. The van der Waals surface area contributed by atoms with Crippen molar-refractivity contribution in [2.24, 2.45) is 0 Å². The smallest absolute Gasteiger partial charge is 0.0406 e. The molecule has 1 nitrogen and oxygen atoms in total. The first kappa shape index (κ1) is 14.6. The fourth-order valence-electron chi connectivity index (χ4n) is 3.25. The van der Waals surface area contributed by atoms with Crippen molar-refractivity contribution in [3.05, 3.63) is 70.2 Å². The normalized spacial score (nSPS) is 19.0. The lowest BCUT2D eigenvalue weighted by molar-refractivity contribution is 0.473. The molecule has 21 heavy (non-hydrogen) atoms. The molecule has 110 valence electrons. The highest BCUT2D eigenvalue weighted by atomic mass is 35.5. The molecule has 2 atom stereocenters. The summed E-state index contributed by atoms with van der Waals surface area (Å²) < 4.78 is 0. The molecule has 0 spiro atoms. The van der Waals surface area contributed by atoms with Gasteiger partial charge >= 0.3 is 0 Å². The minimum atomic E-state index is 0.358. The maximum absolute atomic E-state index is 5.95. The average Bonchev–Trinajstić information content (AvgIpc) is 2.53. The third kappa shape index (κ3) is 3.48. The monoisotopic (exact) mass is 299 g/mol. The number of halogens is 1. The summed E-state index contributed by atoms with van der Waals surface area (Å²) in [6.45, 7) is 3.26. The van der Waals surface area contributed by atoms with Crippen LogP contribution >= 0.6 is 11.6 Å². The molecule has 1 unspecified atom stereocenters. The average molecular weight is 300 g/mol. The van der Waals surface area contributed by atoms with Gasteiger partial charge in [0, 0.05) is 17.6 Å². The van der Waals surface area contributed by atoms with Crippen LogP contribution in [0.5, 0.6) is 0 Å². The third-order valence-electron chi connectivity index (χ3n) is 4.53. The predicted molar refractivity (Wildman–Crippen MR) is 90.0 cm³/mol. The van der Waals surface area contributed by atoms with E-state index in [0.29, 0.717) is 12.0 Å². The first-order valence-electron chi connectivity index (χ1n) is 7.80. The second-order valence-corrected chi connectivity index (χ2v) is 6.41. The molecule has 3 rings (SSSR count). The van der Waals surface area contributed by atoms with Crippen LogP contribution in [0.1, 0.15) is 48.4 Å². The van der Waals surface area contributed by atoms with Crippen LogP contribution in [0.25, 0.3) is 0 Å². The van der Waals surface area contributed by atoms with E-state index in [1.54, 1.807) is 5.56 Å². The van der Waals surface area contributed by atoms with E-state index < -0.39 is 0 Å². The van der Waals surface area contributed by atoms with Gasteiger partial charge in [-0.2, -0.15) is 0 Å². The molecule has 0 aliphatic heterocycles. The first-order valence-corrected chi connectivity index (χ1v) is 8.18. The number of aryl methyl sites for hydroxylation is 1. The van der Waals surface area contributed by atoms with Crippen LogP contribution in [0.2, 0.25) is 5.02 Å². The quantitative estimate of drug-likeness (QED) is 0.827. The lowest BCUT2D eigenvalue weighted by Crippen LogP contribution is -2.26. The molecule has 0 heterocycles. The van der Waals surface area contributed by atoms with Gasteiger partial charge in [0.1, 0.15) is 0 Å². The van der Waals surface area contributed by atoms with Gasteiger partial charge in [0.05, 0.1) is 0 Å². The summed E-state index contributed by atoms with van der Waals surface area (Å²) in [5.74, 6) is 0.643. The number of rotatable bonds is 4. The van der Waals surface area contributed by atoms with Crippen molar-refractivity contribution >= 4 is 11.6 Å². The van der Waals surface area contributed by atoms with E-state index in [0.717, 1.165) is 11.6 Å². The van der Waals surface area contributed by atoms with Crippen LogP contribution in [-0.4, -0.2) is 6.54 Å². The fourth-order valence-corrected chi connectivity index (χ4v) is 3.38. The van der Waals surface area contributed by atoms with Gasteiger partial charge < -0.3 is 5.32 Å². The first-order chi connectivity index (χ1) is 10.2. The lowest BCUT2D eigenvalue weighted by atomic mass is 9.82. The highest BCUT2D eigenvalue weighted by Crippen LogP contribution is 2.31. The van der Waals surface area contributed by atoms with E-state index in [4.69, 9.17) is 11.6 Å². The summed E-state index contributed by atoms with van der Waals surface area (Å²) in [6.07, 6.45) is 3.83. The molecule has 0 bridgehead atoms. The Hall–Kier alpha value is -1.31. The largest absolute Gasteiger partial charge is 0.310 e. The summed E-state index contributed by atoms with van der Waals surface area (Å²) in [7, 11) is 0. The molecule has 2 aromatic carbocycles. The van der Waals surface area contributed by atoms with Crippen molar-refractivity contribution in [3.8, 4) is 0 Å². The van der Waals surface area contributed by atoms with Crippen LogP contribution in [0.3, 0.4) is 0 Å². The molecule has 0 saturated carbocycles. The summed E-state index contributed by atoms with van der Waals surface area (Å²) >= 11 is 5.95. The molecule has 1 aliphatic rings. The molecular formula is C19H22ClN. The maximum Gasteiger partial charge on any atom is 0.0406 e. The Labute approximate surface area is 132 Å². The highest BCUT2D eigenvalue weighted by molar-refractivity contribution is 6.30. The van der Waals surface area contributed by atoms with Gasteiger partial charge in [0.15, 0.2) is 0 Å². The molecule has 2 heteroatoms. The van der Waals surface area contributed by atoms with Crippen molar-refractivity contribution in [1.82, 2.24) is 5.32 Å². The molecule has 0 amide bonds. The van der Waals surface area contributed by atoms with E-state index in [1.807, 2.05) is 12.1 Å². The third-order valence-corrected chi connectivity index (χ3v) is 4.79. The van der Waals surface area contributed by atoms with Crippen molar-refractivity contribution in [3.63, 3.8) is 0 Å². The number of benzene rings is 2. The van der Waals surface area contributed by atoms with E-state index in [1.165, 1.54) is 30.4 Å². The minimum absolute atomic E-state index is 0.358. The molecule has 1 N–H and O–H groups in total. The fraction of sp³-hybridized carbons (Fsp3) is 0.368. The second kappa shape index (κ2) is 6.64. The lowest BCUT2D eigenvalue weighted by Gasteiger charge is -2.27. The molecule has 0 radical (unpaired) electrons. The van der Waals surface area contributed by atoms with Crippen molar-refractivity contribution in [2.45, 2.75) is 38.1 Å². The Bertz CT molecular complexity index is 591. The zero-order chi connectivity index (χ0) is 14.7. The Morgan fingerprint density at radius 2 is 1.90 bits per heavy atom. The van der Waals surface area contributed by atoms with Gasteiger partial charge in [-0.15, -0.1) is 0 Å². The number of fused-ring (bicyclic) bond motifs is 1.